The van der Waals surface area contributed by atoms with Crippen molar-refractivity contribution < 1.29 is 14.0 Å². The van der Waals surface area contributed by atoms with Gasteiger partial charge in [0.1, 0.15) is 11.5 Å². The Morgan fingerprint density at radius 3 is 2.43 bits per heavy atom. The average molecular weight is 418 g/mol. The van der Waals surface area contributed by atoms with Gasteiger partial charge in [0.25, 0.3) is 11.8 Å². The van der Waals surface area contributed by atoms with E-state index in [4.69, 9.17) is 0 Å². The van der Waals surface area contributed by atoms with Crippen LogP contribution in [0.2, 0.25) is 0 Å². The standard InChI is InChI=1S/C24H19FN2O2S/c25-19-9-4-3-8-18(19)15-27-23(28)21(20-10-5-13-30-20)22(24(27)29)26-12-11-16-6-1-2-7-17(16)14-26/h1-10,13H,11-12,14-15H2. The van der Waals surface area contributed by atoms with Gasteiger partial charge in [-0.05, 0) is 35.1 Å². The molecule has 1 aromatic heterocycles. The molecule has 0 unspecified atom stereocenters. The van der Waals surface area contributed by atoms with Crippen LogP contribution in [-0.4, -0.2) is 28.2 Å². The normalized spacial score (nSPS) is 16.4. The second-order valence-electron chi connectivity index (χ2n) is 7.43. The third kappa shape index (κ3) is 3.13. The van der Waals surface area contributed by atoms with Crippen molar-refractivity contribution in [3.8, 4) is 0 Å². The van der Waals surface area contributed by atoms with Crippen LogP contribution in [0.5, 0.6) is 0 Å². The summed E-state index contributed by atoms with van der Waals surface area (Å²) in [5.74, 6) is -1.14. The summed E-state index contributed by atoms with van der Waals surface area (Å²) < 4.78 is 14.2. The van der Waals surface area contributed by atoms with Crippen molar-refractivity contribution in [1.82, 2.24) is 9.80 Å². The fourth-order valence-corrected chi connectivity index (χ4v) is 4.89. The van der Waals surface area contributed by atoms with Crippen molar-refractivity contribution in [2.45, 2.75) is 19.5 Å². The third-order valence-electron chi connectivity index (χ3n) is 5.64. The van der Waals surface area contributed by atoms with Gasteiger partial charge >= 0.3 is 0 Å². The van der Waals surface area contributed by atoms with Crippen molar-refractivity contribution in [1.29, 1.82) is 0 Å². The number of fused-ring (bicyclic) bond motifs is 1. The number of thiophene rings is 1. The molecule has 30 heavy (non-hydrogen) atoms. The van der Waals surface area contributed by atoms with Crippen molar-refractivity contribution in [2.75, 3.05) is 6.54 Å². The lowest BCUT2D eigenvalue weighted by molar-refractivity contribution is -0.138. The number of nitrogens with zero attached hydrogens (tertiary/aromatic N) is 2. The van der Waals surface area contributed by atoms with E-state index >= 15 is 0 Å². The lowest BCUT2D eigenvalue weighted by atomic mass is 9.99. The molecule has 0 bridgehead atoms. The van der Waals surface area contributed by atoms with Crippen molar-refractivity contribution in [2.24, 2.45) is 0 Å². The Kier molecular flexibility index (Phi) is 4.71. The number of benzene rings is 2. The molecule has 0 fully saturated rings. The van der Waals surface area contributed by atoms with Crippen molar-refractivity contribution in [3.63, 3.8) is 0 Å². The van der Waals surface area contributed by atoms with E-state index in [2.05, 4.69) is 12.1 Å². The molecular formula is C24H19FN2O2S. The summed E-state index contributed by atoms with van der Waals surface area (Å²) >= 11 is 1.43. The van der Waals surface area contributed by atoms with Gasteiger partial charge in [-0.2, -0.15) is 0 Å². The number of rotatable bonds is 4. The van der Waals surface area contributed by atoms with Crippen LogP contribution in [-0.2, 0) is 29.1 Å². The summed E-state index contributed by atoms with van der Waals surface area (Å²) in [5.41, 5.74) is 3.61. The Labute approximate surface area is 177 Å². The first-order valence-electron chi connectivity index (χ1n) is 9.83. The molecule has 150 valence electrons. The van der Waals surface area contributed by atoms with E-state index in [0.29, 0.717) is 29.9 Å². The van der Waals surface area contributed by atoms with E-state index in [1.54, 1.807) is 18.2 Å². The van der Waals surface area contributed by atoms with E-state index < -0.39 is 5.82 Å². The van der Waals surface area contributed by atoms with Crippen LogP contribution in [0, 0.1) is 5.82 Å². The summed E-state index contributed by atoms with van der Waals surface area (Å²) in [7, 11) is 0. The zero-order valence-corrected chi connectivity index (χ0v) is 17.0. The number of hydrogen-bond acceptors (Lipinski definition) is 4. The molecule has 3 aromatic rings. The number of carbonyl (C=O) groups excluding carboxylic acids is 2. The van der Waals surface area contributed by atoms with Crippen molar-refractivity contribution >= 4 is 28.7 Å². The summed E-state index contributed by atoms with van der Waals surface area (Å²) in [5, 5.41) is 1.89. The van der Waals surface area contributed by atoms with E-state index in [9.17, 15) is 14.0 Å². The van der Waals surface area contributed by atoms with E-state index in [-0.39, 0.29) is 18.4 Å². The molecule has 2 aliphatic heterocycles. The average Bonchev–Trinajstić information content (AvgIpc) is 3.37. The predicted molar refractivity (Wildman–Crippen MR) is 114 cm³/mol. The minimum absolute atomic E-state index is 0.0762. The molecular weight excluding hydrogens is 399 g/mol. The monoisotopic (exact) mass is 418 g/mol. The maximum atomic E-state index is 14.2. The van der Waals surface area contributed by atoms with Crippen LogP contribution in [0.15, 0.2) is 71.7 Å². The summed E-state index contributed by atoms with van der Waals surface area (Å²) in [6.07, 6.45) is 0.812. The Morgan fingerprint density at radius 2 is 1.67 bits per heavy atom. The highest BCUT2D eigenvalue weighted by molar-refractivity contribution is 7.11. The first kappa shape index (κ1) is 18.8. The highest BCUT2D eigenvalue weighted by Crippen LogP contribution is 2.36. The molecule has 0 N–H and O–H groups in total. The number of halogens is 1. The second-order valence-corrected chi connectivity index (χ2v) is 8.38. The van der Waals surface area contributed by atoms with Gasteiger partial charge < -0.3 is 4.90 Å². The Bertz CT molecular complexity index is 1170. The Balaban J connectivity index is 1.54. The van der Waals surface area contributed by atoms with Crippen molar-refractivity contribution in [3.05, 3.63) is 99.1 Å². The van der Waals surface area contributed by atoms with Crippen LogP contribution in [0.3, 0.4) is 0 Å². The highest BCUT2D eigenvalue weighted by Gasteiger charge is 2.42. The maximum absolute atomic E-state index is 14.2. The molecule has 3 heterocycles. The van der Waals surface area contributed by atoms with E-state index in [0.717, 1.165) is 16.9 Å². The molecule has 0 atom stereocenters. The number of imide groups is 1. The minimum Gasteiger partial charge on any atom is -0.362 e. The quantitative estimate of drug-likeness (QED) is 0.596. The zero-order chi connectivity index (χ0) is 20.7. The SMILES string of the molecule is O=C1C(c2cccs2)=C(N2CCc3ccccc3C2)C(=O)N1Cc1ccccc1F. The van der Waals surface area contributed by atoms with E-state index in [1.807, 2.05) is 34.5 Å². The zero-order valence-electron chi connectivity index (χ0n) is 16.2. The minimum atomic E-state index is -0.420. The topological polar surface area (TPSA) is 40.6 Å². The molecule has 0 aliphatic carbocycles. The molecule has 4 nitrogen and oxygen atoms in total. The van der Waals surface area contributed by atoms with E-state index in [1.165, 1.54) is 27.9 Å². The largest absolute Gasteiger partial charge is 0.362 e. The van der Waals surface area contributed by atoms with Crippen LogP contribution >= 0.6 is 11.3 Å². The molecule has 0 radical (unpaired) electrons. The molecule has 0 saturated carbocycles. The third-order valence-corrected chi connectivity index (χ3v) is 6.53. The predicted octanol–water partition coefficient (Wildman–Crippen LogP) is 4.23. The highest BCUT2D eigenvalue weighted by atomic mass is 32.1. The Hall–Kier alpha value is -3.25. The molecule has 2 aromatic carbocycles. The van der Waals surface area contributed by atoms with Crippen LogP contribution < -0.4 is 0 Å². The van der Waals surface area contributed by atoms with Gasteiger partial charge in [-0.25, -0.2) is 4.39 Å². The van der Waals surface area contributed by atoms with Gasteiger partial charge in [-0.3, -0.25) is 14.5 Å². The first-order chi connectivity index (χ1) is 14.6. The van der Waals surface area contributed by atoms with Gasteiger partial charge in [0, 0.05) is 23.5 Å². The molecule has 2 amide bonds. The maximum Gasteiger partial charge on any atom is 0.278 e. The molecule has 5 rings (SSSR count). The van der Waals surface area contributed by atoms with Gasteiger partial charge in [0.2, 0.25) is 0 Å². The van der Waals surface area contributed by atoms with Gasteiger partial charge in [0.05, 0.1) is 12.1 Å². The van der Waals surface area contributed by atoms with Gasteiger partial charge in [0.15, 0.2) is 0 Å². The fraction of sp³-hybridized carbons (Fsp3) is 0.167. The number of carbonyl (C=O) groups is 2. The molecule has 6 heteroatoms. The smallest absolute Gasteiger partial charge is 0.278 e. The Morgan fingerprint density at radius 1 is 0.900 bits per heavy atom. The lowest BCUT2D eigenvalue weighted by Gasteiger charge is -2.31. The summed E-state index contributed by atoms with van der Waals surface area (Å²) in [6, 6.07) is 18.2. The van der Waals surface area contributed by atoms with Gasteiger partial charge in [-0.15, -0.1) is 11.3 Å². The van der Waals surface area contributed by atoms with Gasteiger partial charge in [-0.1, -0.05) is 48.5 Å². The molecule has 0 spiro atoms. The number of hydrogen-bond donors (Lipinski definition) is 0. The summed E-state index contributed by atoms with van der Waals surface area (Å²) in [6.45, 7) is 1.16. The summed E-state index contributed by atoms with van der Waals surface area (Å²) in [4.78, 5) is 30.7. The van der Waals surface area contributed by atoms with Crippen LogP contribution in [0.25, 0.3) is 5.57 Å². The molecule has 0 saturated heterocycles. The van der Waals surface area contributed by atoms with Crippen LogP contribution in [0.1, 0.15) is 21.6 Å². The fourth-order valence-electron chi connectivity index (χ4n) is 4.13. The second kappa shape index (κ2) is 7.54. The molecule has 2 aliphatic rings. The first-order valence-corrected chi connectivity index (χ1v) is 10.7. The number of amides is 2. The van der Waals surface area contributed by atoms with Crippen LogP contribution in [0.4, 0.5) is 4.39 Å². The lowest BCUT2D eigenvalue weighted by Crippen LogP contribution is -2.37.